The van der Waals surface area contributed by atoms with Crippen molar-refractivity contribution in [2.45, 2.75) is 6.61 Å². The molecule has 0 bridgehead atoms. The molecule has 1 aliphatic heterocycles. The molecule has 9 heteroatoms. The number of hydrogen-bond acceptors (Lipinski definition) is 4. The SMILES string of the molecule is O=C1NC(=O)N(c2ccc(Cl)cc2)C(=O)/C1=C/c1ccc(OCc2cccc(F)c2)c(Cl)c1. The van der Waals surface area contributed by atoms with Crippen LogP contribution in [0.5, 0.6) is 5.75 Å². The monoisotopic (exact) mass is 484 g/mol. The molecular formula is C24H15Cl2FN2O4. The van der Waals surface area contributed by atoms with Gasteiger partial charge in [-0.05, 0) is 65.7 Å². The van der Waals surface area contributed by atoms with E-state index in [0.717, 1.165) is 4.90 Å². The average molecular weight is 485 g/mol. The van der Waals surface area contributed by atoms with E-state index in [2.05, 4.69) is 5.32 Å². The number of halogens is 3. The average Bonchev–Trinajstić information content (AvgIpc) is 2.77. The third-order valence-corrected chi connectivity index (χ3v) is 5.28. The van der Waals surface area contributed by atoms with Gasteiger partial charge < -0.3 is 4.74 Å². The minimum Gasteiger partial charge on any atom is -0.487 e. The summed E-state index contributed by atoms with van der Waals surface area (Å²) in [5.41, 5.74) is 1.10. The van der Waals surface area contributed by atoms with Crippen molar-refractivity contribution in [1.29, 1.82) is 0 Å². The maximum Gasteiger partial charge on any atom is 0.335 e. The molecule has 0 saturated carbocycles. The van der Waals surface area contributed by atoms with E-state index in [1.54, 1.807) is 24.3 Å². The Balaban J connectivity index is 1.56. The van der Waals surface area contributed by atoms with Gasteiger partial charge in [0.05, 0.1) is 10.7 Å². The standard InChI is InChI=1S/C24H15Cl2FN2O4/c25-16-5-7-18(8-6-16)29-23(31)19(22(30)28-24(29)32)11-14-4-9-21(20(26)12-14)33-13-15-2-1-3-17(27)10-15/h1-12H,13H2,(H,28,30,32)/b19-11+. The van der Waals surface area contributed by atoms with Gasteiger partial charge in [0.25, 0.3) is 11.8 Å². The molecule has 1 heterocycles. The molecule has 4 rings (SSSR count). The van der Waals surface area contributed by atoms with E-state index in [-0.39, 0.29) is 28.7 Å². The van der Waals surface area contributed by atoms with Crippen LogP contribution in [0.3, 0.4) is 0 Å². The number of imide groups is 2. The zero-order valence-corrected chi connectivity index (χ0v) is 18.4. The number of carbonyl (C=O) groups is 3. The van der Waals surface area contributed by atoms with Gasteiger partial charge in [0.2, 0.25) is 0 Å². The summed E-state index contributed by atoms with van der Waals surface area (Å²) in [6, 6.07) is 15.9. The molecule has 33 heavy (non-hydrogen) atoms. The lowest BCUT2D eigenvalue weighted by Gasteiger charge is -2.26. The van der Waals surface area contributed by atoms with Crippen molar-refractivity contribution in [3.8, 4) is 5.75 Å². The number of benzene rings is 3. The first-order valence-electron chi connectivity index (χ1n) is 9.65. The normalized spacial score (nSPS) is 15.1. The van der Waals surface area contributed by atoms with Crippen LogP contribution in [0.1, 0.15) is 11.1 Å². The number of urea groups is 1. The van der Waals surface area contributed by atoms with E-state index in [0.29, 0.717) is 21.9 Å². The van der Waals surface area contributed by atoms with E-state index in [1.165, 1.54) is 48.5 Å². The maximum atomic E-state index is 13.3. The highest BCUT2D eigenvalue weighted by Crippen LogP contribution is 2.29. The summed E-state index contributed by atoms with van der Waals surface area (Å²) in [6.07, 6.45) is 1.33. The van der Waals surface area contributed by atoms with Gasteiger partial charge in [-0.15, -0.1) is 0 Å². The molecule has 0 unspecified atom stereocenters. The van der Waals surface area contributed by atoms with Gasteiger partial charge >= 0.3 is 6.03 Å². The quantitative estimate of drug-likeness (QED) is 0.389. The Labute approximate surface area is 198 Å². The van der Waals surface area contributed by atoms with Crippen LogP contribution < -0.4 is 15.0 Å². The largest absolute Gasteiger partial charge is 0.487 e. The minimum absolute atomic E-state index is 0.108. The molecule has 3 aromatic rings. The predicted octanol–water partition coefficient (Wildman–Crippen LogP) is 5.38. The number of nitrogens with zero attached hydrogens (tertiary/aromatic N) is 1. The van der Waals surface area contributed by atoms with E-state index in [1.807, 2.05) is 0 Å². The summed E-state index contributed by atoms with van der Waals surface area (Å²) in [4.78, 5) is 38.4. The summed E-state index contributed by atoms with van der Waals surface area (Å²) < 4.78 is 18.9. The molecule has 3 aromatic carbocycles. The van der Waals surface area contributed by atoms with Crippen molar-refractivity contribution in [3.63, 3.8) is 0 Å². The highest BCUT2D eigenvalue weighted by Gasteiger charge is 2.36. The molecule has 0 atom stereocenters. The number of barbiturate groups is 1. The first kappa shape index (κ1) is 22.5. The fourth-order valence-electron chi connectivity index (χ4n) is 3.16. The fourth-order valence-corrected chi connectivity index (χ4v) is 3.53. The van der Waals surface area contributed by atoms with Gasteiger partial charge in [-0.25, -0.2) is 14.1 Å². The van der Waals surface area contributed by atoms with Crippen molar-refractivity contribution in [2.75, 3.05) is 4.90 Å². The smallest absolute Gasteiger partial charge is 0.335 e. The second-order valence-electron chi connectivity index (χ2n) is 7.04. The van der Waals surface area contributed by atoms with Gasteiger partial charge in [0.1, 0.15) is 23.7 Å². The predicted molar refractivity (Wildman–Crippen MR) is 123 cm³/mol. The second-order valence-corrected chi connectivity index (χ2v) is 7.89. The first-order chi connectivity index (χ1) is 15.8. The number of anilines is 1. The molecule has 0 aliphatic carbocycles. The van der Waals surface area contributed by atoms with Crippen LogP contribution in [0.15, 0.2) is 72.3 Å². The van der Waals surface area contributed by atoms with Crippen molar-refractivity contribution >= 4 is 52.8 Å². The second kappa shape index (κ2) is 9.44. The van der Waals surface area contributed by atoms with E-state index in [4.69, 9.17) is 27.9 Å². The highest BCUT2D eigenvalue weighted by atomic mass is 35.5. The third-order valence-electron chi connectivity index (χ3n) is 4.74. The van der Waals surface area contributed by atoms with Crippen molar-refractivity contribution in [2.24, 2.45) is 0 Å². The molecule has 4 amide bonds. The summed E-state index contributed by atoms with van der Waals surface area (Å²) in [6.45, 7) is 0.108. The molecule has 1 aliphatic rings. The Morgan fingerprint density at radius 1 is 0.970 bits per heavy atom. The van der Waals surface area contributed by atoms with E-state index >= 15 is 0 Å². The minimum atomic E-state index is -0.858. The van der Waals surface area contributed by atoms with Crippen LogP contribution in [0, 0.1) is 5.82 Å². The number of hydrogen-bond donors (Lipinski definition) is 1. The lowest BCUT2D eigenvalue weighted by Crippen LogP contribution is -2.54. The molecule has 0 aromatic heterocycles. The lowest BCUT2D eigenvalue weighted by atomic mass is 10.1. The van der Waals surface area contributed by atoms with Crippen LogP contribution in [0.4, 0.5) is 14.9 Å². The van der Waals surface area contributed by atoms with Gasteiger partial charge in [0, 0.05) is 5.02 Å². The van der Waals surface area contributed by atoms with Crippen molar-refractivity contribution < 1.29 is 23.5 Å². The lowest BCUT2D eigenvalue weighted by molar-refractivity contribution is -0.122. The summed E-state index contributed by atoms with van der Waals surface area (Å²) >= 11 is 12.2. The number of amides is 4. The Kier molecular flexibility index (Phi) is 6.44. The van der Waals surface area contributed by atoms with E-state index < -0.39 is 17.8 Å². The van der Waals surface area contributed by atoms with Crippen LogP contribution in [0.2, 0.25) is 10.0 Å². The van der Waals surface area contributed by atoms with E-state index in [9.17, 15) is 18.8 Å². The Morgan fingerprint density at radius 2 is 1.73 bits per heavy atom. The number of ether oxygens (including phenoxy) is 1. The molecular weight excluding hydrogens is 470 g/mol. The highest BCUT2D eigenvalue weighted by molar-refractivity contribution is 6.39. The molecule has 6 nitrogen and oxygen atoms in total. The molecule has 0 spiro atoms. The number of carbonyl (C=O) groups excluding carboxylic acids is 3. The molecule has 1 saturated heterocycles. The topological polar surface area (TPSA) is 75.7 Å². The number of nitrogens with one attached hydrogen (secondary N) is 1. The summed E-state index contributed by atoms with van der Waals surface area (Å²) in [7, 11) is 0. The van der Waals surface area contributed by atoms with Gasteiger partial charge in [-0.1, -0.05) is 41.4 Å². The Hall–Kier alpha value is -3.68. The Bertz CT molecular complexity index is 1290. The van der Waals surface area contributed by atoms with Crippen LogP contribution in [-0.4, -0.2) is 17.8 Å². The molecule has 0 radical (unpaired) electrons. The van der Waals surface area contributed by atoms with Gasteiger partial charge in [-0.3, -0.25) is 14.9 Å². The first-order valence-corrected chi connectivity index (χ1v) is 10.4. The van der Waals surface area contributed by atoms with Crippen molar-refractivity contribution in [3.05, 3.63) is 99.3 Å². The summed E-state index contributed by atoms with van der Waals surface area (Å²) in [5, 5.41) is 2.82. The zero-order chi connectivity index (χ0) is 23.5. The molecule has 166 valence electrons. The van der Waals surface area contributed by atoms with Crippen molar-refractivity contribution in [1.82, 2.24) is 5.32 Å². The summed E-state index contributed by atoms with van der Waals surface area (Å²) in [5.74, 6) is -1.63. The molecule has 1 fully saturated rings. The van der Waals surface area contributed by atoms with Crippen LogP contribution in [0.25, 0.3) is 6.08 Å². The Morgan fingerprint density at radius 3 is 2.42 bits per heavy atom. The zero-order valence-electron chi connectivity index (χ0n) is 16.8. The van der Waals surface area contributed by atoms with Crippen LogP contribution in [-0.2, 0) is 16.2 Å². The fraction of sp³-hybridized carbons (Fsp3) is 0.0417. The van der Waals surface area contributed by atoms with Gasteiger partial charge in [0.15, 0.2) is 0 Å². The van der Waals surface area contributed by atoms with Crippen LogP contribution >= 0.6 is 23.2 Å². The number of rotatable bonds is 5. The maximum absolute atomic E-state index is 13.3. The third kappa shape index (κ3) is 5.05. The molecule has 1 N–H and O–H groups in total. The van der Waals surface area contributed by atoms with Gasteiger partial charge in [-0.2, -0.15) is 0 Å².